The minimum atomic E-state index is 0.327. The summed E-state index contributed by atoms with van der Waals surface area (Å²) in [6.45, 7) is 3.52. The Morgan fingerprint density at radius 1 is 1.06 bits per heavy atom. The van der Waals surface area contributed by atoms with Crippen molar-refractivity contribution in [2.45, 2.75) is 45.6 Å². The van der Waals surface area contributed by atoms with E-state index in [0.717, 1.165) is 18.6 Å². The van der Waals surface area contributed by atoms with E-state index in [1.54, 1.807) is 6.07 Å². The van der Waals surface area contributed by atoms with E-state index < -0.39 is 0 Å². The molecule has 0 aliphatic rings. The summed E-state index contributed by atoms with van der Waals surface area (Å²) >= 11 is 0. The lowest BCUT2D eigenvalue weighted by Crippen LogP contribution is -1.95. The first-order chi connectivity index (χ1) is 7.84. The highest BCUT2D eigenvalue weighted by Gasteiger charge is 1.98. The highest BCUT2D eigenvalue weighted by atomic mass is 16.5. The topological polar surface area (TPSA) is 29.5 Å². The molecule has 16 heavy (non-hydrogen) atoms. The van der Waals surface area contributed by atoms with Crippen molar-refractivity contribution in [3.05, 3.63) is 29.8 Å². The molecular weight excluding hydrogens is 200 g/mol. The van der Waals surface area contributed by atoms with E-state index in [4.69, 9.17) is 4.74 Å². The molecule has 90 valence electrons. The molecule has 0 aliphatic heterocycles. The number of phenols is 1. The van der Waals surface area contributed by atoms with Crippen LogP contribution in [0, 0.1) is 0 Å². The van der Waals surface area contributed by atoms with E-state index in [2.05, 4.69) is 6.92 Å². The fourth-order valence-electron chi connectivity index (χ4n) is 1.62. The number of ether oxygens (including phenoxy) is 1. The third-order valence-electron chi connectivity index (χ3n) is 2.64. The number of hydrogen-bond donors (Lipinski definition) is 1. The maximum Gasteiger partial charge on any atom is 0.121 e. The standard InChI is InChI=1S/C14H22O2/c1-2-3-4-5-8-11-16-12-13-9-6-7-10-14(13)15/h6-7,9-10,15H,2-5,8,11-12H2,1H3. The van der Waals surface area contributed by atoms with Crippen LogP contribution in [0.1, 0.15) is 44.6 Å². The van der Waals surface area contributed by atoms with Crippen molar-refractivity contribution in [3.63, 3.8) is 0 Å². The lowest BCUT2D eigenvalue weighted by Gasteiger charge is -2.05. The van der Waals surface area contributed by atoms with E-state index in [1.165, 1.54) is 25.7 Å². The Hall–Kier alpha value is -1.02. The molecule has 0 saturated carbocycles. The van der Waals surface area contributed by atoms with Gasteiger partial charge in [-0.25, -0.2) is 0 Å². The molecule has 0 aliphatic carbocycles. The van der Waals surface area contributed by atoms with Gasteiger partial charge < -0.3 is 9.84 Å². The van der Waals surface area contributed by atoms with Crippen molar-refractivity contribution < 1.29 is 9.84 Å². The molecule has 2 heteroatoms. The third kappa shape index (κ3) is 5.17. The zero-order valence-corrected chi connectivity index (χ0v) is 10.1. The summed E-state index contributed by atoms with van der Waals surface area (Å²) in [5, 5.41) is 9.50. The molecular formula is C14H22O2. The van der Waals surface area contributed by atoms with Crippen molar-refractivity contribution in [1.29, 1.82) is 0 Å². The fourth-order valence-corrected chi connectivity index (χ4v) is 1.62. The van der Waals surface area contributed by atoms with Gasteiger partial charge in [0.25, 0.3) is 0 Å². The number of unbranched alkanes of at least 4 members (excludes halogenated alkanes) is 4. The van der Waals surface area contributed by atoms with Gasteiger partial charge in [0.15, 0.2) is 0 Å². The average Bonchev–Trinajstić information content (AvgIpc) is 2.30. The predicted molar refractivity (Wildman–Crippen MR) is 66.5 cm³/mol. The maximum atomic E-state index is 9.50. The van der Waals surface area contributed by atoms with Crippen LogP contribution < -0.4 is 0 Å². The summed E-state index contributed by atoms with van der Waals surface area (Å²) < 4.78 is 5.52. The summed E-state index contributed by atoms with van der Waals surface area (Å²) in [5.41, 5.74) is 0.871. The van der Waals surface area contributed by atoms with Gasteiger partial charge in [0.05, 0.1) is 6.61 Å². The van der Waals surface area contributed by atoms with Crippen LogP contribution in [0.3, 0.4) is 0 Å². The Bertz CT molecular complexity index is 284. The molecule has 0 radical (unpaired) electrons. The molecule has 0 bridgehead atoms. The van der Waals surface area contributed by atoms with Gasteiger partial charge in [0, 0.05) is 12.2 Å². The second-order valence-electron chi connectivity index (χ2n) is 4.10. The smallest absolute Gasteiger partial charge is 0.121 e. The van der Waals surface area contributed by atoms with Crippen LogP contribution in [-0.2, 0) is 11.3 Å². The highest BCUT2D eigenvalue weighted by molar-refractivity contribution is 5.30. The molecule has 0 amide bonds. The zero-order chi connectivity index (χ0) is 11.6. The van der Waals surface area contributed by atoms with Gasteiger partial charge in [0.1, 0.15) is 5.75 Å². The van der Waals surface area contributed by atoms with Gasteiger partial charge in [-0.3, -0.25) is 0 Å². The molecule has 0 heterocycles. The zero-order valence-electron chi connectivity index (χ0n) is 10.1. The molecule has 1 aromatic carbocycles. The summed E-state index contributed by atoms with van der Waals surface area (Å²) in [5.74, 6) is 0.327. The second kappa shape index (κ2) is 8.17. The largest absolute Gasteiger partial charge is 0.508 e. The minimum absolute atomic E-state index is 0.327. The quantitative estimate of drug-likeness (QED) is 0.676. The van der Waals surface area contributed by atoms with Crippen LogP contribution >= 0.6 is 0 Å². The molecule has 0 fully saturated rings. The fraction of sp³-hybridized carbons (Fsp3) is 0.571. The average molecular weight is 222 g/mol. The number of phenolic OH excluding ortho intramolecular Hbond substituents is 1. The first kappa shape index (κ1) is 13.0. The molecule has 0 atom stereocenters. The summed E-state index contributed by atoms with van der Waals surface area (Å²) in [4.78, 5) is 0. The monoisotopic (exact) mass is 222 g/mol. The van der Waals surface area contributed by atoms with E-state index in [0.29, 0.717) is 12.4 Å². The van der Waals surface area contributed by atoms with Crippen LogP contribution in [0.5, 0.6) is 5.75 Å². The second-order valence-corrected chi connectivity index (χ2v) is 4.10. The molecule has 1 N–H and O–H groups in total. The van der Waals surface area contributed by atoms with Crippen LogP contribution in [0.25, 0.3) is 0 Å². The predicted octanol–water partition coefficient (Wildman–Crippen LogP) is 3.88. The Kier molecular flexibility index (Phi) is 6.66. The normalized spacial score (nSPS) is 10.6. The van der Waals surface area contributed by atoms with Crippen molar-refractivity contribution >= 4 is 0 Å². The first-order valence-corrected chi connectivity index (χ1v) is 6.19. The van der Waals surface area contributed by atoms with Gasteiger partial charge in [-0.15, -0.1) is 0 Å². The van der Waals surface area contributed by atoms with Crippen LogP contribution in [-0.4, -0.2) is 11.7 Å². The molecule has 0 spiro atoms. The maximum absolute atomic E-state index is 9.50. The number of para-hydroxylation sites is 1. The van der Waals surface area contributed by atoms with Crippen LogP contribution in [0.2, 0.25) is 0 Å². The van der Waals surface area contributed by atoms with Gasteiger partial charge in [0.2, 0.25) is 0 Å². The Morgan fingerprint density at radius 3 is 2.56 bits per heavy atom. The molecule has 0 aromatic heterocycles. The molecule has 2 nitrogen and oxygen atoms in total. The van der Waals surface area contributed by atoms with E-state index >= 15 is 0 Å². The minimum Gasteiger partial charge on any atom is -0.508 e. The van der Waals surface area contributed by atoms with Gasteiger partial charge >= 0.3 is 0 Å². The lowest BCUT2D eigenvalue weighted by molar-refractivity contribution is 0.115. The Morgan fingerprint density at radius 2 is 1.81 bits per heavy atom. The first-order valence-electron chi connectivity index (χ1n) is 6.19. The summed E-state index contributed by atoms with van der Waals surface area (Å²) in [6, 6.07) is 7.33. The molecule has 0 unspecified atom stereocenters. The Labute approximate surface area is 98.3 Å². The number of hydrogen-bond acceptors (Lipinski definition) is 2. The lowest BCUT2D eigenvalue weighted by atomic mass is 10.2. The number of aromatic hydroxyl groups is 1. The van der Waals surface area contributed by atoms with Crippen molar-refractivity contribution in [3.8, 4) is 5.75 Å². The van der Waals surface area contributed by atoms with Crippen molar-refractivity contribution in [2.24, 2.45) is 0 Å². The third-order valence-corrected chi connectivity index (χ3v) is 2.64. The van der Waals surface area contributed by atoms with E-state index in [1.807, 2.05) is 18.2 Å². The van der Waals surface area contributed by atoms with Gasteiger partial charge in [-0.1, -0.05) is 50.8 Å². The molecule has 1 rings (SSSR count). The summed E-state index contributed by atoms with van der Waals surface area (Å²) in [7, 11) is 0. The van der Waals surface area contributed by atoms with E-state index in [9.17, 15) is 5.11 Å². The van der Waals surface area contributed by atoms with E-state index in [-0.39, 0.29) is 0 Å². The van der Waals surface area contributed by atoms with Crippen LogP contribution in [0.4, 0.5) is 0 Å². The van der Waals surface area contributed by atoms with Crippen molar-refractivity contribution in [2.75, 3.05) is 6.61 Å². The number of rotatable bonds is 8. The Balaban J connectivity index is 2.05. The summed E-state index contributed by atoms with van der Waals surface area (Å²) in [6.07, 6.45) is 6.26. The highest BCUT2D eigenvalue weighted by Crippen LogP contribution is 2.16. The molecule has 0 saturated heterocycles. The molecule has 1 aromatic rings. The SMILES string of the molecule is CCCCCCCOCc1ccccc1O. The number of benzene rings is 1. The van der Waals surface area contributed by atoms with Gasteiger partial charge in [-0.05, 0) is 12.5 Å². The van der Waals surface area contributed by atoms with Crippen LogP contribution in [0.15, 0.2) is 24.3 Å². The van der Waals surface area contributed by atoms with Gasteiger partial charge in [-0.2, -0.15) is 0 Å². The van der Waals surface area contributed by atoms with Crippen molar-refractivity contribution in [1.82, 2.24) is 0 Å².